The third-order valence-electron chi connectivity index (χ3n) is 4.06. The van der Waals surface area contributed by atoms with Gasteiger partial charge in [-0.3, -0.25) is 20.1 Å². The molecule has 1 unspecified atom stereocenters. The highest BCUT2D eigenvalue weighted by molar-refractivity contribution is 5.92. The fraction of sp³-hybridized carbons (Fsp3) is 0.167. The van der Waals surface area contributed by atoms with E-state index in [1.807, 2.05) is 6.92 Å². The number of aromatic nitrogens is 1. The topological polar surface area (TPSA) is 118 Å². The Hall–Kier alpha value is -3.55. The molecule has 0 bridgehead atoms. The van der Waals surface area contributed by atoms with Gasteiger partial charge in [0.05, 0.1) is 16.3 Å². The summed E-state index contributed by atoms with van der Waals surface area (Å²) in [7, 11) is 0. The first-order valence-corrected chi connectivity index (χ1v) is 7.82. The van der Waals surface area contributed by atoms with Crippen molar-refractivity contribution in [1.82, 2.24) is 10.3 Å². The Balaban J connectivity index is 2.14. The Bertz CT molecular complexity index is 965. The van der Waals surface area contributed by atoms with Gasteiger partial charge in [0.25, 0.3) is 5.69 Å². The zero-order valence-corrected chi connectivity index (χ0v) is 14.1. The maximum Gasteiger partial charge on any atom is 0.337 e. The Kier molecular flexibility index (Phi) is 4.49. The van der Waals surface area contributed by atoms with Crippen molar-refractivity contribution in [3.63, 3.8) is 0 Å². The van der Waals surface area contributed by atoms with E-state index in [1.54, 1.807) is 25.3 Å². The molecule has 2 N–H and O–H groups in total. The molecule has 1 atom stereocenters. The number of aliphatic imine (C=N–C) groups is 1. The van der Waals surface area contributed by atoms with Gasteiger partial charge in [0.2, 0.25) is 0 Å². The van der Waals surface area contributed by atoms with E-state index in [4.69, 9.17) is 0 Å². The minimum absolute atomic E-state index is 0.0247. The van der Waals surface area contributed by atoms with Crippen molar-refractivity contribution in [2.24, 2.45) is 4.99 Å². The highest BCUT2D eigenvalue weighted by atomic mass is 16.6. The molecule has 0 fully saturated rings. The van der Waals surface area contributed by atoms with E-state index in [2.05, 4.69) is 15.3 Å². The molecule has 2 aromatic rings. The molecular formula is C18H16N4O4. The number of carboxylic acids is 1. The Morgan fingerprint density at radius 3 is 2.73 bits per heavy atom. The van der Waals surface area contributed by atoms with Crippen LogP contribution >= 0.6 is 0 Å². The predicted molar refractivity (Wildman–Crippen MR) is 95.9 cm³/mol. The third-order valence-corrected chi connectivity index (χ3v) is 4.06. The number of hydrogen-bond donors (Lipinski definition) is 2. The number of nitro groups is 1. The Morgan fingerprint density at radius 2 is 2.04 bits per heavy atom. The molecule has 1 aromatic carbocycles. The molecule has 1 aliphatic rings. The number of rotatable bonds is 4. The van der Waals surface area contributed by atoms with Crippen LogP contribution in [0.1, 0.15) is 41.4 Å². The lowest BCUT2D eigenvalue weighted by atomic mass is 9.90. The summed E-state index contributed by atoms with van der Waals surface area (Å²) in [5.41, 5.74) is 2.80. The highest BCUT2D eigenvalue weighted by Crippen LogP contribution is 2.38. The first-order chi connectivity index (χ1) is 12.4. The highest BCUT2D eigenvalue weighted by Gasteiger charge is 2.26. The molecule has 8 nitrogen and oxygen atoms in total. The third kappa shape index (κ3) is 3.30. The summed E-state index contributed by atoms with van der Waals surface area (Å²) in [6.07, 6.45) is 2.84. The van der Waals surface area contributed by atoms with E-state index in [0.717, 1.165) is 11.3 Å². The minimum Gasteiger partial charge on any atom is -0.478 e. The molecule has 0 aliphatic carbocycles. The van der Waals surface area contributed by atoms with Crippen molar-refractivity contribution in [3.05, 3.63) is 75.2 Å². The standard InChI is InChI=1S/C18H16N4O4/c1-10-16(13-6-14(18(23)24)9-19-8-13)17(21-11(2)20-10)12-4-3-5-15(7-12)22(25)26/h3-9,17H,1-2H3,(H,20,21)(H,23,24). The number of nitrogens with one attached hydrogen (secondary N) is 1. The summed E-state index contributed by atoms with van der Waals surface area (Å²) in [6.45, 7) is 3.65. The van der Waals surface area contributed by atoms with Crippen molar-refractivity contribution in [2.75, 3.05) is 0 Å². The number of nitro benzene ring substituents is 1. The molecule has 3 rings (SSSR count). The first kappa shape index (κ1) is 17.3. The molecule has 0 saturated heterocycles. The molecule has 132 valence electrons. The van der Waals surface area contributed by atoms with Crippen LogP contribution in [0.25, 0.3) is 5.57 Å². The number of benzene rings is 1. The van der Waals surface area contributed by atoms with Crippen LogP contribution in [-0.2, 0) is 0 Å². The SMILES string of the molecule is CC1=NC(c2cccc([N+](=O)[O-])c2)C(c2cncc(C(=O)O)c2)=C(C)N1. The van der Waals surface area contributed by atoms with Crippen LogP contribution in [0.2, 0.25) is 0 Å². The van der Waals surface area contributed by atoms with Gasteiger partial charge in [-0.2, -0.15) is 0 Å². The summed E-state index contributed by atoms with van der Waals surface area (Å²) in [4.78, 5) is 30.5. The summed E-state index contributed by atoms with van der Waals surface area (Å²) >= 11 is 0. The average Bonchev–Trinajstić information content (AvgIpc) is 2.61. The number of hydrogen-bond acceptors (Lipinski definition) is 6. The van der Waals surface area contributed by atoms with Crippen LogP contribution in [-0.4, -0.2) is 26.8 Å². The summed E-state index contributed by atoms with van der Waals surface area (Å²) in [5.74, 6) is -0.405. The number of nitrogens with zero attached hydrogens (tertiary/aromatic N) is 3. The number of non-ortho nitro benzene ring substituents is 1. The number of carbonyl (C=O) groups is 1. The largest absolute Gasteiger partial charge is 0.478 e. The first-order valence-electron chi connectivity index (χ1n) is 7.82. The van der Waals surface area contributed by atoms with Crippen molar-refractivity contribution in [2.45, 2.75) is 19.9 Å². The molecule has 1 aliphatic heterocycles. The van der Waals surface area contributed by atoms with E-state index < -0.39 is 16.9 Å². The van der Waals surface area contributed by atoms with E-state index >= 15 is 0 Å². The number of pyridine rings is 1. The van der Waals surface area contributed by atoms with Gasteiger partial charge in [-0.25, -0.2) is 4.79 Å². The van der Waals surface area contributed by atoms with E-state index in [0.29, 0.717) is 17.0 Å². The van der Waals surface area contributed by atoms with Crippen molar-refractivity contribution in [1.29, 1.82) is 0 Å². The zero-order chi connectivity index (χ0) is 18.8. The second kappa shape index (κ2) is 6.75. The summed E-state index contributed by atoms with van der Waals surface area (Å²) in [6, 6.07) is 7.30. The molecule has 0 amide bonds. The van der Waals surface area contributed by atoms with Gasteiger partial charge in [-0.1, -0.05) is 12.1 Å². The number of amidine groups is 1. The average molecular weight is 352 g/mol. The van der Waals surface area contributed by atoms with E-state index in [1.165, 1.54) is 24.4 Å². The van der Waals surface area contributed by atoms with Crippen LogP contribution in [0.15, 0.2) is 53.4 Å². The Morgan fingerprint density at radius 1 is 1.27 bits per heavy atom. The van der Waals surface area contributed by atoms with E-state index in [9.17, 15) is 20.0 Å². The monoisotopic (exact) mass is 352 g/mol. The van der Waals surface area contributed by atoms with Gasteiger partial charge in [0.15, 0.2) is 0 Å². The second-order valence-electron chi connectivity index (χ2n) is 5.90. The van der Waals surface area contributed by atoms with Crippen LogP contribution in [0.5, 0.6) is 0 Å². The number of aromatic carboxylic acids is 1. The van der Waals surface area contributed by atoms with Crippen molar-refractivity contribution < 1.29 is 14.8 Å². The molecule has 26 heavy (non-hydrogen) atoms. The molecule has 0 saturated carbocycles. The number of allylic oxidation sites excluding steroid dienone is 1. The smallest absolute Gasteiger partial charge is 0.337 e. The Labute approximate surface area is 149 Å². The van der Waals surface area contributed by atoms with Gasteiger partial charge in [0, 0.05) is 41.4 Å². The summed E-state index contributed by atoms with van der Waals surface area (Å²) in [5, 5.41) is 23.5. The second-order valence-corrected chi connectivity index (χ2v) is 5.90. The molecule has 0 radical (unpaired) electrons. The van der Waals surface area contributed by atoms with Crippen LogP contribution in [0.3, 0.4) is 0 Å². The van der Waals surface area contributed by atoms with Gasteiger partial charge in [-0.05, 0) is 25.5 Å². The lowest BCUT2D eigenvalue weighted by Crippen LogP contribution is -2.26. The van der Waals surface area contributed by atoms with Gasteiger partial charge >= 0.3 is 5.97 Å². The quantitative estimate of drug-likeness (QED) is 0.644. The van der Waals surface area contributed by atoms with Gasteiger partial charge in [-0.15, -0.1) is 0 Å². The molecule has 2 heterocycles. The predicted octanol–water partition coefficient (Wildman–Crippen LogP) is 3.18. The molecular weight excluding hydrogens is 336 g/mol. The van der Waals surface area contributed by atoms with Crippen LogP contribution in [0, 0.1) is 10.1 Å². The van der Waals surface area contributed by atoms with Crippen LogP contribution in [0.4, 0.5) is 5.69 Å². The van der Waals surface area contributed by atoms with Crippen molar-refractivity contribution in [3.8, 4) is 0 Å². The maximum atomic E-state index is 11.3. The van der Waals surface area contributed by atoms with Gasteiger partial charge in [0.1, 0.15) is 6.04 Å². The molecule has 1 aromatic heterocycles. The number of carboxylic acid groups (broad SMARTS) is 1. The lowest BCUT2D eigenvalue weighted by Gasteiger charge is -2.26. The minimum atomic E-state index is -1.08. The molecule has 0 spiro atoms. The summed E-state index contributed by atoms with van der Waals surface area (Å²) < 4.78 is 0. The van der Waals surface area contributed by atoms with Crippen molar-refractivity contribution >= 4 is 23.1 Å². The normalized spacial score (nSPS) is 16.7. The van der Waals surface area contributed by atoms with E-state index in [-0.39, 0.29) is 11.3 Å². The lowest BCUT2D eigenvalue weighted by molar-refractivity contribution is -0.384. The van der Waals surface area contributed by atoms with Gasteiger partial charge < -0.3 is 10.4 Å². The zero-order valence-electron chi connectivity index (χ0n) is 14.1. The van der Waals surface area contributed by atoms with Crippen LogP contribution < -0.4 is 5.32 Å². The fourth-order valence-corrected chi connectivity index (χ4v) is 2.96. The molecule has 8 heteroatoms. The maximum absolute atomic E-state index is 11.3. The fourth-order valence-electron chi connectivity index (χ4n) is 2.96.